The number of nitrogens with one attached hydrogen (secondary N) is 1. The van der Waals surface area contributed by atoms with Crippen molar-refractivity contribution in [2.45, 2.75) is 59.2 Å². The van der Waals surface area contributed by atoms with Crippen molar-refractivity contribution in [3.8, 4) is 0 Å². The lowest BCUT2D eigenvalue weighted by Gasteiger charge is -2.35. The van der Waals surface area contributed by atoms with Gasteiger partial charge in [-0.3, -0.25) is 4.90 Å². The van der Waals surface area contributed by atoms with Crippen molar-refractivity contribution in [1.82, 2.24) is 20.0 Å². The maximum Gasteiger partial charge on any atom is 0.410 e. The summed E-state index contributed by atoms with van der Waals surface area (Å²) >= 11 is 0. The molecule has 0 aliphatic carbocycles. The van der Waals surface area contributed by atoms with Gasteiger partial charge in [0.25, 0.3) is 0 Å². The average molecular weight is 431 g/mol. The maximum atomic E-state index is 12.5. The molecule has 0 bridgehead atoms. The van der Waals surface area contributed by atoms with E-state index < -0.39 is 5.60 Å². The zero-order chi connectivity index (χ0) is 22.4. The molecule has 7 heteroatoms. The van der Waals surface area contributed by atoms with Gasteiger partial charge in [-0.05, 0) is 63.7 Å². The summed E-state index contributed by atoms with van der Waals surface area (Å²) in [7, 11) is 0. The second kappa shape index (κ2) is 10.4. The summed E-state index contributed by atoms with van der Waals surface area (Å²) in [5.74, 6) is 0.850. The van der Waals surface area contributed by atoms with Gasteiger partial charge in [0, 0.05) is 39.3 Å². The topological polar surface area (TPSA) is 65.1 Å². The number of nitrogens with zero attached hydrogens (tertiary/aromatic N) is 3. The van der Waals surface area contributed by atoms with E-state index in [9.17, 15) is 9.59 Å². The van der Waals surface area contributed by atoms with Gasteiger partial charge >= 0.3 is 12.1 Å². The van der Waals surface area contributed by atoms with Crippen LogP contribution in [0.5, 0.6) is 0 Å². The van der Waals surface area contributed by atoms with Crippen molar-refractivity contribution in [2.75, 3.05) is 39.3 Å². The van der Waals surface area contributed by atoms with E-state index in [1.807, 2.05) is 20.8 Å². The lowest BCUT2D eigenvalue weighted by atomic mass is 9.99. The Morgan fingerprint density at radius 2 is 1.48 bits per heavy atom. The van der Waals surface area contributed by atoms with Gasteiger partial charge in [0.1, 0.15) is 5.60 Å². The van der Waals surface area contributed by atoms with Crippen LogP contribution in [0.15, 0.2) is 24.3 Å². The molecule has 3 amide bonds. The minimum absolute atomic E-state index is 0.0876. The predicted octanol–water partition coefficient (Wildman–Crippen LogP) is 3.68. The fourth-order valence-electron chi connectivity index (χ4n) is 3.95. The number of hydrogen-bond donors (Lipinski definition) is 1. The van der Waals surface area contributed by atoms with Crippen LogP contribution < -0.4 is 5.32 Å². The Balaban J connectivity index is 1.38. The van der Waals surface area contributed by atoms with Gasteiger partial charge in [-0.15, -0.1) is 0 Å². The molecule has 7 nitrogen and oxygen atoms in total. The Morgan fingerprint density at radius 1 is 0.935 bits per heavy atom. The molecular formula is C24H38N4O3. The van der Waals surface area contributed by atoms with Crippen molar-refractivity contribution in [3.05, 3.63) is 35.4 Å². The third kappa shape index (κ3) is 7.42. The molecular weight excluding hydrogens is 392 g/mol. The highest BCUT2D eigenvalue weighted by atomic mass is 16.6. The van der Waals surface area contributed by atoms with Crippen LogP contribution in [0.25, 0.3) is 0 Å². The fourth-order valence-corrected chi connectivity index (χ4v) is 3.95. The van der Waals surface area contributed by atoms with Crippen LogP contribution in [0.1, 0.15) is 51.7 Å². The van der Waals surface area contributed by atoms with Crippen molar-refractivity contribution >= 4 is 12.1 Å². The summed E-state index contributed by atoms with van der Waals surface area (Å²) < 4.78 is 5.41. The van der Waals surface area contributed by atoms with Gasteiger partial charge in [-0.25, -0.2) is 9.59 Å². The molecule has 1 aromatic carbocycles. The lowest BCUT2D eigenvalue weighted by Crippen LogP contribution is -2.53. The van der Waals surface area contributed by atoms with Gasteiger partial charge in [0.2, 0.25) is 0 Å². The quantitative estimate of drug-likeness (QED) is 0.791. The van der Waals surface area contributed by atoms with Gasteiger partial charge in [0.05, 0.1) is 0 Å². The number of likely N-dealkylation sites (tertiary alicyclic amines) is 1. The third-order valence-corrected chi connectivity index (χ3v) is 5.97. The van der Waals surface area contributed by atoms with Crippen molar-refractivity contribution in [1.29, 1.82) is 0 Å². The first kappa shape index (κ1) is 23.4. The molecule has 0 unspecified atom stereocenters. The molecule has 0 atom stereocenters. The Bertz CT molecular complexity index is 728. The van der Waals surface area contributed by atoms with Crippen LogP contribution in [-0.2, 0) is 17.8 Å². The van der Waals surface area contributed by atoms with E-state index in [1.54, 1.807) is 9.80 Å². The normalized spacial score (nSPS) is 18.7. The van der Waals surface area contributed by atoms with Crippen LogP contribution >= 0.6 is 0 Å². The smallest absolute Gasteiger partial charge is 0.410 e. The molecule has 2 aliphatic rings. The third-order valence-electron chi connectivity index (χ3n) is 5.97. The largest absolute Gasteiger partial charge is 0.444 e. The second-order valence-electron chi connectivity index (χ2n) is 9.89. The van der Waals surface area contributed by atoms with Crippen LogP contribution in [-0.4, -0.2) is 71.7 Å². The molecule has 2 heterocycles. The molecule has 3 rings (SSSR count). The van der Waals surface area contributed by atoms with Crippen molar-refractivity contribution in [2.24, 2.45) is 5.92 Å². The van der Waals surface area contributed by atoms with E-state index in [-0.39, 0.29) is 12.1 Å². The zero-order valence-electron chi connectivity index (χ0n) is 19.5. The summed E-state index contributed by atoms with van der Waals surface area (Å²) in [5, 5.41) is 3.00. The molecule has 0 saturated carbocycles. The first-order chi connectivity index (χ1) is 14.7. The summed E-state index contributed by atoms with van der Waals surface area (Å²) in [6.45, 7) is 13.8. The highest BCUT2D eigenvalue weighted by Crippen LogP contribution is 2.18. The Kier molecular flexibility index (Phi) is 7.81. The number of piperidine rings is 1. The monoisotopic (exact) mass is 430 g/mol. The number of urea groups is 1. The number of hydrogen-bond acceptors (Lipinski definition) is 4. The van der Waals surface area contributed by atoms with Gasteiger partial charge in [-0.1, -0.05) is 31.2 Å². The number of piperazine rings is 1. The highest BCUT2D eigenvalue weighted by molar-refractivity contribution is 5.75. The van der Waals surface area contributed by atoms with Gasteiger partial charge in [0.15, 0.2) is 0 Å². The maximum absolute atomic E-state index is 12.5. The first-order valence-electron chi connectivity index (χ1n) is 11.5. The molecule has 2 aliphatic heterocycles. The predicted molar refractivity (Wildman–Crippen MR) is 122 cm³/mol. The minimum atomic E-state index is -0.506. The zero-order valence-corrected chi connectivity index (χ0v) is 19.5. The number of rotatable bonds is 4. The van der Waals surface area contributed by atoms with Crippen molar-refractivity contribution in [3.63, 3.8) is 0 Å². The Hall–Kier alpha value is -2.28. The van der Waals surface area contributed by atoms with Crippen LogP contribution in [0.2, 0.25) is 0 Å². The molecule has 0 spiro atoms. The number of carbonyl (C=O) groups excluding carboxylic acids is 2. The summed E-state index contributed by atoms with van der Waals surface area (Å²) in [5.41, 5.74) is 1.91. The van der Waals surface area contributed by atoms with Gasteiger partial charge < -0.3 is 19.9 Å². The molecule has 2 fully saturated rings. The summed E-state index contributed by atoms with van der Waals surface area (Å²) in [6.07, 6.45) is 2.26. The SMILES string of the molecule is CC1CCN(Cc2ccc(CNC(=O)N3CCN(C(=O)OC(C)(C)C)CC3)cc2)CC1. The standard InChI is InChI=1S/C24H38N4O3/c1-19-9-11-26(12-10-19)18-21-7-5-20(6-8-21)17-25-22(29)27-13-15-28(16-14-27)23(30)31-24(2,3)4/h5-8,19H,9-18H2,1-4H3,(H,25,29). The molecule has 31 heavy (non-hydrogen) atoms. The number of benzene rings is 1. The Morgan fingerprint density at radius 3 is 2.06 bits per heavy atom. The Labute approximate surface area is 186 Å². The van der Waals surface area contributed by atoms with E-state index in [0.29, 0.717) is 32.7 Å². The average Bonchev–Trinajstić information content (AvgIpc) is 2.73. The molecule has 172 valence electrons. The second-order valence-corrected chi connectivity index (χ2v) is 9.89. The van der Waals surface area contributed by atoms with E-state index >= 15 is 0 Å². The number of amides is 3. The van der Waals surface area contributed by atoms with Crippen molar-refractivity contribution < 1.29 is 14.3 Å². The van der Waals surface area contributed by atoms with Crippen LogP contribution in [0.4, 0.5) is 9.59 Å². The number of carbonyl (C=O) groups is 2. The van der Waals surface area contributed by atoms with E-state index in [0.717, 1.165) is 18.0 Å². The first-order valence-corrected chi connectivity index (χ1v) is 11.5. The molecule has 0 aromatic heterocycles. The molecule has 2 saturated heterocycles. The lowest BCUT2D eigenvalue weighted by molar-refractivity contribution is 0.0170. The molecule has 1 N–H and O–H groups in total. The molecule has 0 radical (unpaired) electrons. The van der Waals surface area contributed by atoms with E-state index in [1.165, 1.54) is 31.5 Å². The van der Waals surface area contributed by atoms with Gasteiger partial charge in [-0.2, -0.15) is 0 Å². The summed E-state index contributed by atoms with van der Waals surface area (Å²) in [6, 6.07) is 8.44. The number of ether oxygens (including phenoxy) is 1. The van der Waals surface area contributed by atoms with Crippen LogP contribution in [0.3, 0.4) is 0 Å². The van der Waals surface area contributed by atoms with E-state index in [4.69, 9.17) is 4.74 Å². The highest BCUT2D eigenvalue weighted by Gasteiger charge is 2.27. The van der Waals surface area contributed by atoms with E-state index in [2.05, 4.69) is 41.4 Å². The fraction of sp³-hybridized carbons (Fsp3) is 0.667. The minimum Gasteiger partial charge on any atom is -0.444 e. The molecule has 1 aromatic rings. The summed E-state index contributed by atoms with van der Waals surface area (Å²) in [4.78, 5) is 30.6. The van der Waals surface area contributed by atoms with Crippen LogP contribution in [0, 0.1) is 5.92 Å².